The van der Waals surface area contributed by atoms with Crippen LogP contribution in [0.15, 0.2) is 42.5 Å². The monoisotopic (exact) mass is 323 g/mol. The molecule has 2 aromatic carbocycles. The Kier molecular flexibility index (Phi) is 4.51. The van der Waals surface area contributed by atoms with Crippen LogP contribution in [-0.2, 0) is 16.1 Å². The van der Waals surface area contributed by atoms with E-state index in [0.717, 1.165) is 28.1 Å². The standard InChI is InChI=1S/C19H21N3O2/c1-12-8-15-16(9-13(12)2)22-19(24)17(21-15)10-18(23)20-11-14-6-4-3-5-7-14/h3-9,17,21H,10-11H2,1-2H3,(H,20,23)(H,22,24)/t17-/m0/s1. The van der Waals surface area contributed by atoms with Crippen molar-refractivity contribution in [1.82, 2.24) is 5.32 Å². The molecule has 0 saturated carbocycles. The molecule has 24 heavy (non-hydrogen) atoms. The number of benzene rings is 2. The Morgan fingerprint density at radius 1 is 1.08 bits per heavy atom. The predicted octanol–water partition coefficient (Wildman–Crippen LogP) is 2.74. The van der Waals surface area contributed by atoms with Crippen LogP contribution in [0.4, 0.5) is 11.4 Å². The number of hydrogen-bond donors (Lipinski definition) is 3. The summed E-state index contributed by atoms with van der Waals surface area (Å²) in [6.07, 6.45) is 0.102. The van der Waals surface area contributed by atoms with Gasteiger partial charge in [-0.2, -0.15) is 0 Å². The molecule has 0 saturated heterocycles. The summed E-state index contributed by atoms with van der Waals surface area (Å²) < 4.78 is 0. The van der Waals surface area contributed by atoms with E-state index < -0.39 is 6.04 Å². The lowest BCUT2D eigenvalue weighted by molar-refractivity contribution is -0.125. The minimum atomic E-state index is -0.560. The van der Waals surface area contributed by atoms with E-state index in [1.807, 2.05) is 56.3 Å². The van der Waals surface area contributed by atoms with E-state index in [1.165, 1.54) is 0 Å². The second kappa shape index (κ2) is 6.74. The average molecular weight is 323 g/mol. The first-order valence-corrected chi connectivity index (χ1v) is 8.02. The molecule has 0 bridgehead atoms. The van der Waals surface area contributed by atoms with Gasteiger partial charge in [-0.15, -0.1) is 0 Å². The van der Waals surface area contributed by atoms with Crippen molar-refractivity contribution in [2.24, 2.45) is 0 Å². The molecule has 0 unspecified atom stereocenters. The molecule has 0 radical (unpaired) electrons. The fourth-order valence-corrected chi connectivity index (χ4v) is 2.71. The van der Waals surface area contributed by atoms with Crippen molar-refractivity contribution < 1.29 is 9.59 Å². The molecule has 124 valence electrons. The second-order valence-electron chi connectivity index (χ2n) is 6.13. The summed E-state index contributed by atoms with van der Waals surface area (Å²) in [6.45, 7) is 4.49. The normalized spacial score (nSPS) is 15.9. The van der Waals surface area contributed by atoms with E-state index in [-0.39, 0.29) is 18.2 Å². The fourth-order valence-electron chi connectivity index (χ4n) is 2.71. The summed E-state index contributed by atoms with van der Waals surface area (Å²) in [5.74, 6) is -0.334. The molecule has 1 aliphatic rings. The van der Waals surface area contributed by atoms with Gasteiger partial charge in [0.25, 0.3) is 0 Å². The summed E-state index contributed by atoms with van der Waals surface area (Å²) in [7, 11) is 0. The number of fused-ring (bicyclic) bond motifs is 1. The van der Waals surface area contributed by atoms with Crippen LogP contribution in [-0.4, -0.2) is 17.9 Å². The van der Waals surface area contributed by atoms with Gasteiger partial charge in [-0.1, -0.05) is 30.3 Å². The first kappa shape index (κ1) is 16.1. The van der Waals surface area contributed by atoms with Gasteiger partial charge in [0, 0.05) is 6.54 Å². The zero-order chi connectivity index (χ0) is 17.1. The number of carbonyl (C=O) groups excluding carboxylic acids is 2. The maximum Gasteiger partial charge on any atom is 0.247 e. The van der Waals surface area contributed by atoms with E-state index >= 15 is 0 Å². The maximum absolute atomic E-state index is 12.2. The van der Waals surface area contributed by atoms with Crippen LogP contribution >= 0.6 is 0 Å². The largest absolute Gasteiger partial charge is 0.372 e. The molecular formula is C19H21N3O2. The highest BCUT2D eigenvalue weighted by Crippen LogP contribution is 2.30. The third-order valence-corrected chi connectivity index (χ3v) is 4.26. The van der Waals surface area contributed by atoms with Crippen molar-refractivity contribution in [1.29, 1.82) is 0 Å². The SMILES string of the molecule is Cc1cc2c(cc1C)N[C@@H](CC(=O)NCc1ccccc1)C(=O)N2. The molecule has 3 N–H and O–H groups in total. The predicted molar refractivity (Wildman–Crippen MR) is 94.9 cm³/mol. The Balaban J connectivity index is 1.62. The molecular weight excluding hydrogens is 302 g/mol. The molecule has 1 heterocycles. The minimum Gasteiger partial charge on any atom is -0.372 e. The summed E-state index contributed by atoms with van der Waals surface area (Å²) >= 11 is 0. The van der Waals surface area contributed by atoms with Crippen LogP contribution in [0.2, 0.25) is 0 Å². The Morgan fingerprint density at radius 3 is 2.46 bits per heavy atom. The highest BCUT2D eigenvalue weighted by atomic mass is 16.2. The van der Waals surface area contributed by atoms with Crippen LogP contribution in [0.25, 0.3) is 0 Å². The molecule has 0 aliphatic carbocycles. The van der Waals surface area contributed by atoms with E-state index in [9.17, 15) is 9.59 Å². The van der Waals surface area contributed by atoms with Gasteiger partial charge in [0.2, 0.25) is 11.8 Å². The summed E-state index contributed by atoms with van der Waals surface area (Å²) in [5.41, 5.74) is 4.92. The van der Waals surface area contributed by atoms with Gasteiger partial charge in [-0.25, -0.2) is 0 Å². The topological polar surface area (TPSA) is 70.2 Å². The van der Waals surface area contributed by atoms with Crippen LogP contribution in [0.1, 0.15) is 23.1 Å². The third kappa shape index (κ3) is 3.56. The van der Waals surface area contributed by atoms with Gasteiger partial charge in [-0.3, -0.25) is 9.59 Å². The molecule has 0 fully saturated rings. The fraction of sp³-hybridized carbons (Fsp3) is 0.263. The number of amides is 2. The number of aryl methyl sites for hydroxylation is 2. The lowest BCUT2D eigenvalue weighted by atomic mass is 10.0. The van der Waals surface area contributed by atoms with Gasteiger partial charge in [-0.05, 0) is 42.7 Å². The summed E-state index contributed by atoms with van der Waals surface area (Å²) in [5, 5.41) is 8.90. The molecule has 5 nitrogen and oxygen atoms in total. The summed E-state index contributed by atoms with van der Waals surface area (Å²) in [6, 6.07) is 13.1. The van der Waals surface area contributed by atoms with E-state index in [1.54, 1.807) is 0 Å². The smallest absolute Gasteiger partial charge is 0.247 e. The Bertz CT molecular complexity index is 772. The molecule has 1 atom stereocenters. The number of rotatable bonds is 4. The Hall–Kier alpha value is -2.82. The minimum absolute atomic E-state index is 0.102. The lowest BCUT2D eigenvalue weighted by Gasteiger charge is -2.27. The highest BCUT2D eigenvalue weighted by Gasteiger charge is 2.27. The Labute approximate surface area is 141 Å². The van der Waals surface area contributed by atoms with E-state index in [0.29, 0.717) is 6.54 Å². The maximum atomic E-state index is 12.2. The first-order chi connectivity index (χ1) is 11.5. The molecule has 2 aromatic rings. The number of nitrogens with one attached hydrogen (secondary N) is 3. The van der Waals surface area contributed by atoms with Gasteiger partial charge in [0.1, 0.15) is 6.04 Å². The quantitative estimate of drug-likeness (QED) is 0.810. The zero-order valence-corrected chi connectivity index (χ0v) is 13.8. The van der Waals surface area contributed by atoms with Gasteiger partial charge in [0.05, 0.1) is 17.8 Å². The molecule has 5 heteroatoms. The second-order valence-corrected chi connectivity index (χ2v) is 6.13. The van der Waals surface area contributed by atoms with Crippen molar-refractivity contribution in [2.75, 3.05) is 10.6 Å². The van der Waals surface area contributed by atoms with Gasteiger partial charge < -0.3 is 16.0 Å². The molecule has 3 rings (SSSR count). The number of carbonyl (C=O) groups is 2. The molecule has 0 spiro atoms. The molecule has 2 amide bonds. The van der Waals surface area contributed by atoms with Crippen molar-refractivity contribution >= 4 is 23.2 Å². The van der Waals surface area contributed by atoms with Crippen molar-refractivity contribution in [3.05, 3.63) is 59.2 Å². The van der Waals surface area contributed by atoms with Crippen LogP contribution in [0.3, 0.4) is 0 Å². The average Bonchev–Trinajstić information content (AvgIpc) is 2.57. The zero-order valence-electron chi connectivity index (χ0n) is 13.8. The van der Waals surface area contributed by atoms with Crippen LogP contribution in [0, 0.1) is 13.8 Å². The van der Waals surface area contributed by atoms with Gasteiger partial charge >= 0.3 is 0 Å². The van der Waals surface area contributed by atoms with Crippen LogP contribution in [0.5, 0.6) is 0 Å². The first-order valence-electron chi connectivity index (χ1n) is 8.02. The number of anilines is 2. The number of hydrogen-bond acceptors (Lipinski definition) is 3. The van der Waals surface area contributed by atoms with Crippen molar-refractivity contribution in [3.63, 3.8) is 0 Å². The third-order valence-electron chi connectivity index (χ3n) is 4.26. The van der Waals surface area contributed by atoms with E-state index in [4.69, 9.17) is 0 Å². The van der Waals surface area contributed by atoms with Crippen molar-refractivity contribution in [2.45, 2.75) is 32.9 Å². The molecule has 1 aliphatic heterocycles. The lowest BCUT2D eigenvalue weighted by Crippen LogP contribution is -2.42. The van der Waals surface area contributed by atoms with Crippen LogP contribution < -0.4 is 16.0 Å². The molecule has 0 aromatic heterocycles. The van der Waals surface area contributed by atoms with E-state index in [2.05, 4.69) is 16.0 Å². The van der Waals surface area contributed by atoms with Crippen molar-refractivity contribution in [3.8, 4) is 0 Å². The highest BCUT2D eigenvalue weighted by molar-refractivity contribution is 6.05. The summed E-state index contributed by atoms with van der Waals surface area (Å²) in [4.78, 5) is 24.3. The Morgan fingerprint density at radius 2 is 1.75 bits per heavy atom. The van der Waals surface area contributed by atoms with Gasteiger partial charge in [0.15, 0.2) is 0 Å².